The second-order valence-electron chi connectivity index (χ2n) is 7.81. The number of hydrogen-bond donors (Lipinski definition) is 0. The zero-order valence-corrected chi connectivity index (χ0v) is 17.9. The average Bonchev–Trinajstić information content (AvgIpc) is 2.73. The molecule has 0 bridgehead atoms. The average molecular weight is 396 g/mol. The van der Waals surface area contributed by atoms with Crippen molar-refractivity contribution in [2.24, 2.45) is 0 Å². The van der Waals surface area contributed by atoms with Gasteiger partial charge in [-0.25, -0.2) is 0 Å². The summed E-state index contributed by atoms with van der Waals surface area (Å²) in [5, 5.41) is 0. The van der Waals surface area contributed by atoms with Crippen molar-refractivity contribution < 1.29 is 9.53 Å². The Morgan fingerprint density at radius 1 is 1.00 bits per heavy atom. The van der Waals surface area contributed by atoms with Crippen LogP contribution in [0.1, 0.15) is 23.6 Å². The molecule has 0 atom stereocenters. The van der Waals surface area contributed by atoms with Gasteiger partial charge in [-0.2, -0.15) is 0 Å². The van der Waals surface area contributed by atoms with E-state index in [4.69, 9.17) is 4.74 Å². The third-order valence-electron chi connectivity index (χ3n) is 5.56. The Bertz CT molecular complexity index is 783. The van der Waals surface area contributed by atoms with E-state index in [0.717, 1.165) is 44.0 Å². The molecule has 1 aliphatic heterocycles. The van der Waals surface area contributed by atoms with Gasteiger partial charge in [0, 0.05) is 46.3 Å². The van der Waals surface area contributed by atoms with Crippen LogP contribution < -0.4 is 4.74 Å². The molecule has 1 saturated heterocycles. The highest BCUT2D eigenvalue weighted by Crippen LogP contribution is 2.14. The molecule has 1 aliphatic rings. The Labute approximate surface area is 174 Å². The summed E-state index contributed by atoms with van der Waals surface area (Å²) in [4.78, 5) is 19.2. The van der Waals surface area contributed by atoms with Gasteiger partial charge < -0.3 is 9.64 Å². The topological polar surface area (TPSA) is 36.0 Å². The number of amides is 1. The number of piperazine rings is 1. The number of hydrogen-bond acceptors (Lipinski definition) is 4. The largest absolute Gasteiger partial charge is 0.494 e. The summed E-state index contributed by atoms with van der Waals surface area (Å²) in [6.07, 6.45) is 0. The maximum absolute atomic E-state index is 12.6. The number of carbonyl (C=O) groups excluding carboxylic acids is 1. The van der Waals surface area contributed by atoms with Crippen molar-refractivity contribution in [3.8, 4) is 5.75 Å². The van der Waals surface area contributed by atoms with Gasteiger partial charge in [0.25, 0.3) is 0 Å². The second-order valence-corrected chi connectivity index (χ2v) is 7.81. The van der Waals surface area contributed by atoms with Crippen molar-refractivity contribution in [2.75, 3.05) is 46.4 Å². The zero-order chi connectivity index (χ0) is 20.6. The third-order valence-corrected chi connectivity index (χ3v) is 5.56. The first-order valence-corrected chi connectivity index (χ1v) is 10.5. The van der Waals surface area contributed by atoms with Gasteiger partial charge in [-0.15, -0.1) is 0 Å². The van der Waals surface area contributed by atoms with Gasteiger partial charge in [0.05, 0.1) is 13.2 Å². The standard InChI is InChI=1S/C24H33N3O2/c1-4-29-23-11-9-21(10-12-23)17-25(3)24(28)19-27-15-13-26(14-16-27)18-22-8-6-5-7-20(22)2/h5-12H,4,13-19H2,1-3H3. The normalized spacial score (nSPS) is 15.3. The molecule has 0 aromatic heterocycles. The molecule has 156 valence electrons. The van der Waals surface area contributed by atoms with Crippen molar-refractivity contribution in [3.05, 3.63) is 65.2 Å². The van der Waals surface area contributed by atoms with E-state index in [1.165, 1.54) is 11.1 Å². The van der Waals surface area contributed by atoms with Gasteiger partial charge in [0.15, 0.2) is 0 Å². The first-order valence-electron chi connectivity index (χ1n) is 10.5. The zero-order valence-electron chi connectivity index (χ0n) is 17.9. The van der Waals surface area contributed by atoms with Crippen LogP contribution in [0.2, 0.25) is 0 Å². The van der Waals surface area contributed by atoms with Gasteiger partial charge in [0.1, 0.15) is 5.75 Å². The highest BCUT2D eigenvalue weighted by Gasteiger charge is 2.21. The van der Waals surface area contributed by atoms with Crippen LogP contribution in [-0.2, 0) is 17.9 Å². The van der Waals surface area contributed by atoms with Crippen LogP contribution in [0.25, 0.3) is 0 Å². The number of ether oxygens (including phenoxy) is 1. The molecule has 0 aliphatic carbocycles. The highest BCUT2D eigenvalue weighted by molar-refractivity contribution is 5.78. The van der Waals surface area contributed by atoms with Crippen LogP contribution in [0.4, 0.5) is 0 Å². The first-order chi connectivity index (χ1) is 14.0. The van der Waals surface area contributed by atoms with Crippen LogP contribution in [0, 0.1) is 6.92 Å². The van der Waals surface area contributed by atoms with Gasteiger partial charge in [-0.05, 0) is 42.7 Å². The summed E-state index contributed by atoms with van der Waals surface area (Å²) < 4.78 is 5.48. The lowest BCUT2D eigenvalue weighted by atomic mass is 10.1. The van der Waals surface area contributed by atoms with E-state index < -0.39 is 0 Å². The minimum Gasteiger partial charge on any atom is -0.494 e. The molecular weight excluding hydrogens is 362 g/mol. The molecule has 0 saturated carbocycles. The monoisotopic (exact) mass is 395 g/mol. The molecule has 0 radical (unpaired) electrons. The Morgan fingerprint density at radius 3 is 2.31 bits per heavy atom. The Hall–Kier alpha value is -2.37. The fourth-order valence-electron chi connectivity index (χ4n) is 3.67. The Balaban J connectivity index is 1.42. The number of nitrogens with zero attached hydrogens (tertiary/aromatic N) is 3. The SMILES string of the molecule is CCOc1ccc(CN(C)C(=O)CN2CCN(Cc3ccccc3C)CC2)cc1. The molecule has 0 N–H and O–H groups in total. The van der Waals surface area contributed by atoms with Crippen LogP contribution in [-0.4, -0.2) is 67.0 Å². The second kappa shape index (κ2) is 10.4. The summed E-state index contributed by atoms with van der Waals surface area (Å²) >= 11 is 0. The van der Waals surface area contributed by atoms with E-state index >= 15 is 0 Å². The number of aryl methyl sites for hydroxylation is 1. The lowest BCUT2D eigenvalue weighted by molar-refractivity contribution is -0.132. The molecule has 5 heteroatoms. The summed E-state index contributed by atoms with van der Waals surface area (Å²) in [6.45, 7) is 10.8. The van der Waals surface area contributed by atoms with Gasteiger partial charge in [-0.3, -0.25) is 14.6 Å². The Kier molecular flexibility index (Phi) is 7.67. The summed E-state index contributed by atoms with van der Waals surface area (Å²) in [6, 6.07) is 16.6. The first kappa shape index (κ1) is 21.3. The smallest absolute Gasteiger partial charge is 0.236 e. The highest BCUT2D eigenvalue weighted by atomic mass is 16.5. The molecule has 1 heterocycles. The molecule has 0 unspecified atom stereocenters. The predicted molar refractivity (Wildman–Crippen MR) is 117 cm³/mol. The number of carbonyl (C=O) groups is 1. The van der Waals surface area contributed by atoms with E-state index in [1.807, 2.05) is 43.1 Å². The van der Waals surface area contributed by atoms with Gasteiger partial charge in [0.2, 0.25) is 5.91 Å². The summed E-state index contributed by atoms with van der Waals surface area (Å²) in [7, 11) is 1.88. The van der Waals surface area contributed by atoms with Gasteiger partial charge in [-0.1, -0.05) is 36.4 Å². The fraction of sp³-hybridized carbons (Fsp3) is 0.458. The lowest BCUT2D eigenvalue weighted by Crippen LogP contribution is -2.49. The summed E-state index contributed by atoms with van der Waals surface area (Å²) in [5.74, 6) is 1.04. The van der Waals surface area contributed by atoms with Crippen molar-refractivity contribution in [1.82, 2.24) is 14.7 Å². The number of rotatable bonds is 8. The third kappa shape index (κ3) is 6.31. The molecule has 2 aromatic carbocycles. The minimum atomic E-state index is 0.172. The van der Waals surface area contributed by atoms with Crippen molar-refractivity contribution in [1.29, 1.82) is 0 Å². The molecule has 5 nitrogen and oxygen atoms in total. The molecule has 3 rings (SSSR count). The van der Waals surface area contributed by atoms with E-state index in [0.29, 0.717) is 19.7 Å². The molecular formula is C24H33N3O2. The lowest BCUT2D eigenvalue weighted by Gasteiger charge is -2.35. The molecule has 0 spiro atoms. The van der Waals surface area contributed by atoms with Crippen LogP contribution in [0.15, 0.2) is 48.5 Å². The maximum atomic E-state index is 12.6. The Morgan fingerprint density at radius 2 is 1.66 bits per heavy atom. The van der Waals surface area contributed by atoms with Crippen LogP contribution in [0.3, 0.4) is 0 Å². The van der Waals surface area contributed by atoms with Crippen LogP contribution >= 0.6 is 0 Å². The van der Waals surface area contributed by atoms with E-state index in [9.17, 15) is 4.79 Å². The predicted octanol–water partition coefficient (Wildman–Crippen LogP) is 3.17. The molecule has 1 fully saturated rings. The van der Waals surface area contributed by atoms with Crippen molar-refractivity contribution in [3.63, 3.8) is 0 Å². The molecule has 2 aromatic rings. The van der Waals surface area contributed by atoms with Crippen molar-refractivity contribution >= 4 is 5.91 Å². The van der Waals surface area contributed by atoms with E-state index in [-0.39, 0.29) is 5.91 Å². The van der Waals surface area contributed by atoms with Gasteiger partial charge >= 0.3 is 0 Å². The number of benzene rings is 2. The minimum absolute atomic E-state index is 0.172. The van der Waals surface area contributed by atoms with E-state index in [2.05, 4.69) is 41.0 Å². The quantitative estimate of drug-likeness (QED) is 0.688. The number of likely N-dealkylation sites (N-methyl/N-ethyl adjacent to an activating group) is 1. The van der Waals surface area contributed by atoms with Crippen molar-refractivity contribution in [2.45, 2.75) is 26.9 Å². The van der Waals surface area contributed by atoms with E-state index in [1.54, 1.807) is 0 Å². The van der Waals surface area contributed by atoms with Crippen LogP contribution in [0.5, 0.6) is 5.75 Å². The fourth-order valence-corrected chi connectivity index (χ4v) is 3.67. The maximum Gasteiger partial charge on any atom is 0.236 e. The molecule has 1 amide bonds. The summed E-state index contributed by atoms with van der Waals surface area (Å²) in [5.41, 5.74) is 3.86. The molecule has 29 heavy (non-hydrogen) atoms.